The fraction of sp³-hybridized carbons (Fsp3) is 0.562. The van der Waals surface area contributed by atoms with Crippen LogP contribution in [-0.4, -0.2) is 18.0 Å². The van der Waals surface area contributed by atoms with Crippen LogP contribution in [0.2, 0.25) is 0 Å². The lowest BCUT2D eigenvalue weighted by Gasteiger charge is -2.31. The second-order valence-electron chi connectivity index (χ2n) is 5.79. The second-order valence-corrected chi connectivity index (χ2v) is 5.79. The predicted octanol–water partition coefficient (Wildman–Crippen LogP) is 2.88. The first-order valence-corrected chi connectivity index (χ1v) is 7.33. The number of halogens is 2. The van der Waals surface area contributed by atoms with Gasteiger partial charge in [-0.15, -0.1) is 12.4 Å². The Hall–Kier alpha value is -1.13. The Labute approximate surface area is 131 Å². The molecule has 0 atom stereocenters. The molecule has 0 radical (unpaired) electrons. The minimum absolute atomic E-state index is 0. The van der Waals surface area contributed by atoms with Crippen LogP contribution < -0.4 is 11.1 Å². The number of nitrogens with one attached hydrogen (secondary N) is 1. The number of amides is 1. The van der Waals surface area contributed by atoms with Crippen molar-refractivity contribution in [3.63, 3.8) is 0 Å². The third-order valence-corrected chi connectivity index (χ3v) is 4.18. The maximum Gasteiger partial charge on any atom is 0.240 e. The first-order valence-electron chi connectivity index (χ1n) is 7.33. The molecule has 2 rings (SSSR count). The number of benzene rings is 1. The van der Waals surface area contributed by atoms with Crippen molar-refractivity contribution in [3.8, 4) is 0 Å². The summed E-state index contributed by atoms with van der Waals surface area (Å²) in [5, 5.41) is 2.93. The monoisotopic (exact) mass is 314 g/mol. The van der Waals surface area contributed by atoms with E-state index in [1.807, 2.05) is 6.92 Å². The SMILES string of the molecule is Cc1cc(F)ccc1CCNC(=O)C1(N)CCCCC1.Cl. The normalized spacial score (nSPS) is 16.9. The number of carbonyl (C=O) groups excluding carboxylic acids is 1. The van der Waals surface area contributed by atoms with Crippen LogP contribution in [0.3, 0.4) is 0 Å². The fourth-order valence-electron chi connectivity index (χ4n) is 2.84. The minimum atomic E-state index is -0.684. The van der Waals surface area contributed by atoms with Crippen LogP contribution in [0.1, 0.15) is 43.2 Å². The zero-order valence-electron chi connectivity index (χ0n) is 12.5. The summed E-state index contributed by atoms with van der Waals surface area (Å²) in [5.74, 6) is -0.268. The average molecular weight is 315 g/mol. The molecular formula is C16H24ClFN2O. The van der Waals surface area contributed by atoms with Crippen LogP contribution in [0.15, 0.2) is 18.2 Å². The summed E-state index contributed by atoms with van der Waals surface area (Å²) in [6.07, 6.45) is 5.47. The van der Waals surface area contributed by atoms with Crippen molar-refractivity contribution in [3.05, 3.63) is 35.1 Å². The molecule has 5 heteroatoms. The second kappa shape index (κ2) is 7.76. The van der Waals surface area contributed by atoms with Crippen LogP contribution in [0, 0.1) is 12.7 Å². The van der Waals surface area contributed by atoms with Gasteiger partial charge in [-0.2, -0.15) is 0 Å². The number of aryl methyl sites for hydroxylation is 1. The Balaban J connectivity index is 0.00000220. The highest BCUT2D eigenvalue weighted by molar-refractivity contribution is 5.86. The summed E-state index contributed by atoms with van der Waals surface area (Å²) in [6.45, 7) is 2.43. The van der Waals surface area contributed by atoms with Gasteiger partial charge in [0.25, 0.3) is 0 Å². The molecule has 1 aromatic rings. The lowest BCUT2D eigenvalue weighted by Crippen LogP contribution is -2.55. The molecule has 3 N–H and O–H groups in total. The molecular weight excluding hydrogens is 291 g/mol. The molecule has 1 aliphatic carbocycles. The Kier molecular flexibility index (Phi) is 6.62. The molecule has 1 aliphatic rings. The summed E-state index contributed by atoms with van der Waals surface area (Å²) in [5.41, 5.74) is 7.46. The van der Waals surface area contributed by atoms with Crippen LogP contribution in [-0.2, 0) is 11.2 Å². The number of rotatable bonds is 4. The van der Waals surface area contributed by atoms with Gasteiger partial charge in [0, 0.05) is 6.54 Å². The Bertz CT molecular complexity index is 487. The zero-order valence-corrected chi connectivity index (χ0v) is 13.3. The van der Waals surface area contributed by atoms with Crippen molar-refractivity contribution >= 4 is 18.3 Å². The van der Waals surface area contributed by atoms with Crippen LogP contribution in [0.25, 0.3) is 0 Å². The van der Waals surface area contributed by atoms with Crippen molar-refractivity contribution < 1.29 is 9.18 Å². The Morgan fingerprint density at radius 3 is 2.62 bits per heavy atom. The molecule has 0 aromatic heterocycles. The number of hydrogen-bond donors (Lipinski definition) is 2. The van der Waals surface area contributed by atoms with Crippen LogP contribution in [0.5, 0.6) is 0 Å². The molecule has 1 fully saturated rings. The van der Waals surface area contributed by atoms with E-state index >= 15 is 0 Å². The van der Waals surface area contributed by atoms with E-state index in [-0.39, 0.29) is 24.1 Å². The topological polar surface area (TPSA) is 55.1 Å². The van der Waals surface area contributed by atoms with Crippen molar-refractivity contribution in [2.75, 3.05) is 6.54 Å². The molecule has 1 amide bonds. The van der Waals surface area contributed by atoms with Crippen molar-refractivity contribution in [2.24, 2.45) is 5.73 Å². The molecule has 3 nitrogen and oxygen atoms in total. The third-order valence-electron chi connectivity index (χ3n) is 4.18. The van der Waals surface area contributed by atoms with Crippen molar-refractivity contribution in [1.29, 1.82) is 0 Å². The fourth-order valence-corrected chi connectivity index (χ4v) is 2.84. The highest BCUT2D eigenvalue weighted by Gasteiger charge is 2.34. The minimum Gasteiger partial charge on any atom is -0.354 e. The van der Waals surface area contributed by atoms with Gasteiger partial charge >= 0.3 is 0 Å². The lowest BCUT2D eigenvalue weighted by atomic mass is 9.82. The van der Waals surface area contributed by atoms with Crippen molar-refractivity contribution in [2.45, 2.75) is 51.0 Å². The van der Waals surface area contributed by atoms with Crippen LogP contribution in [0.4, 0.5) is 4.39 Å². The van der Waals surface area contributed by atoms with Gasteiger partial charge in [-0.3, -0.25) is 4.79 Å². The van der Waals surface area contributed by atoms with E-state index in [0.29, 0.717) is 13.0 Å². The molecule has 1 saturated carbocycles. The zero-order chi connectivity index (χ0) is 14.6. The van der Waals surface area contributed by atoms with Gasteiger partial charge in [-0.1, -0.05) is 25.3 Å². The van der Waals surface area contributed by atoms with Gasteiger partial charge in [0.15, 0.2) is 0 Å². The number of nitrogens with two attached hydrogens (primary N) is 1. The molecule has 0 unspecified atom stereocenters. The maximum absolute atomic E-state index is 13.0. The van der Waals surface area contributed by atoms with E-state index in [1.165, 1.54) is 18.6 Å². The van der Waals surface area contributed by atoms with E-state index in [9.17, 15) is 9.18 Å². The number of carbonyl (C=O) groups is 1. The summed E-state index contributed by atoms with van der Waals surface area (Å²) in [4.78, 5) is 12.2. The van der Waals surface area contributed by atoms with Gasteiger partial charge < -0.3 is 11.1 Å². The highest BCUT2D eigenvalue weighted by atomic mass is 35.5. The quantitative estimate of drug-likeness (QED) is 0.898. The summed E-state index contributed by atoms with van der Waals surface area (Å²) in [6, 6.07) is 4.74. The van der Waals surface area contributed by atoms with E-state index in [4.69, 9.17) is 5.73 Å². The molecule has 0 bridgehead atoms. The molecule has 0 spiro atoms. The van der Waals surface area contributed by atoms with Gasteiger partial charge in [0.2, 0.25) is 5.91 Å². The van der Waals surface area contributed by atoms with Gasteiger partial charge in [-0.25, -0.2) is 4.39 Å². The average Bonchev–Trinajstić information content (AvgIpc) is 2.42. The third kappa shape index (κ3) is 4.68. The Morgan fingerprint density at radius 2 is 2.00 bits per heavy atom. The maximum atomic E-state index is 13.0. The summed E-state index contributed by atoms with van der Waals surface area (Å²) in [7, 11) is 0. The number of hydrogen-bond acceptors (Lipinski definition) is 2. The van der Waals surface area contributed by atoms with Crippen molar-refractivity contribution in [1.82, 2.24) is 5.32 Å². The smallest absolute Gasteiger partial charge is 0.240 e. The first kappa shape index (κ1) is 17.9. The molecule has 0 saturated heterocycles. The lowest BCUT2D eigenvalue weighted by molar-refractivity contribution is -0.127. The first-order chi connectivity index (χ1) is 9.51. The van der Waals surface area contributed by atoms with Gasteiger partial charge in [0.05, 0.1) is 5.54 Å². The van der Waals surface area contributed by atoms with Gasteiger partial charge in [-0.05, 0) is 49.4 Å². The van der Waals surface area contributed by atoms with E-state index in [2.05, 4.69) is 5.32 Å². The molecule has 0 aliphatic heterocycles. The molecule has 118 valence electrons. The molecule has 21 heavy (non-hydrogen) atoms. The van der Waals surface area contributed by atoms with E-state index < -0.39 is 5.54 Å². The van der Waals surface area contributed by atoms with Gasteiger partial charge in [0.1, 0.15) is 5.82 Å². The molecule has 1 aromatic carbocycles. The summed E-state index contributed by atoms with van der Waals surface area (Å²) < 4.78 is 13.0. The highest BCUT2D eigenvalue weighted by Crippen LogP contribution is 2.25. The summed E-state index contributed by atoms with van der Waals surface area (Å²) >= 11 is 0. The predicted molar refractivity (Wildman–Crippen MR) is 85.1 cm³/mol. The molecule has 0 heterocycles. The van der Waals surface area contributed by atoms with Crippen LogP contribution >= 0.6 is 12.4 Å². The largest absolute Gasteiger partial charge is 0.354 e. The Morgan fingerprint density at radius 1 is 1.33 bits per heavy atom. The van der Waals surface area contributed by atoms with E-state index in [0.717, 1.165) is 36.8 Å². The van der Waals surface area contributed by atoms with E-state index in [1.54, 1.807) is 6.07 Å². The standard InChI is InChI=1S/C16H23FN2O.ClH/c1-12-11-14(17)6-5-13(12)7-10-19-15(20)16(18)8-3-2-4-9-16;/h5-6,11H,2-4,7-10,18H2,1H3,(H,19,20);1H.